The molecule has 43 heavy (non-hydrogen) atoms. The lowest BCUT2D eigenvalue weighted by Gasteiger charge is -2.45. The van der Waals surface area contributed by atoms with E-state index in [1.165, 1.54) is 13.0 Å². The fraction of sp³-hybridized carbons (Fsp3) is 0.444. The third-order valence-electron chi connectivity index (χ3n) is 7.31. The van der Waals surface area contributed by atoms with Gasteiger partial charge in [0.05, 0.1) is 12.7 Å². The van der Waals surface area contributed by atoms with E-state index in [9.17, 15) is 55.9 Å². The van der Waals surface area contributed by atoms with Gasteiger partial charge in [-0.15, -0.1) is 0 Å². The summed E-state index contributed by atoms with van der Waals surface area (Å²) in [5.74, 6) is -3.19. The molecule has 234 valence electrons. The second-order valence-corrected chi connectivity index (χ2v) is 10.2. The number of hydrogen-bond donors (Lipinski definition) is 10. The summed E-state index contributed by atoms with van der Waals surface area (Å²) in [5, 5.41) is 101. The molecule has 16 nitrogen and oxygen atoms in total. The number of ether oxygens (including phenoxy) is 4. The van der Waals surface area contributed by atoms with Crippen LogP contribution >= 0.6 is 0 Å². The molecule has 0 saturated carbocycles. The van der Waals surface area contributed by atoms with Crippen molar-refractivity contribution in [3.63, 3.8) is 0 Å². The van der Waals surface area contributed by atoms with Crippen molar-refractivity contribution in [3.05, 3.63) is 40.6 Å². The smallest absolute Gasteiger partial charge is 0.239 e. The molecular formula is C27H30O16. The Labute approximate surface area is 241 Å². The molecule has 5 rings (SSSR count). The number of phenols is 4. The zero-order valence-corrected chi connectivity index (χ0v) is 22.3. The van der Waals surface area contributed by atoms with E-state index < -0.39 is 108 Å². The summed E-state index contributed by atoms with van der Waals surface area (Å²) < 4.78 is 28.0. The van der Waals surface area contributed by atoms with Crippen molar-refractivity contribution < 1.29 is 74.4 Å². The third kappa shape index (κ3) is 5.55. The first-order chi connectivity index (χ1) is 20.3. The van der Waals surface area contributed by atoms with Crippen molar-refractivity contribution in [3.8, 4) is 40.1 Å². The summed E-state index contributed by atoms with van der Waals surface area (Å²) >= 11 is 0. The monoisotopic (exact) mass is 610 g/mol. The van der Waals surface area contributed by atoms with Crippen LogP contribution in [0.4, 0.5) is 0 Å². The molecule has 0 amide bonds. The fourth-order valence-corrected chi connectivity index (χ4v) is 4.97. The molecule has 0 aliphatic carbocycles. The minimum absolute atomic E-state index is 0.00476. The Balaban J connectivity index is 1.47. The van der Waals surface area contributed by atoms with Gasteiger partial charge >= 0.3 is 0 Å². The van der Waals surface area contributed by atoms with Crippen molar-refractivity contribution in [2.75, 3.05) is 6.61 Å². The van der Waals surface area contributed by atoms with E-state index in [0.717, 1.165) is 24.3 Å². The molecule has 1 aromatic heterocycles. The van der Waals surface area contributed by atoms with Crippen molar-refractivity contribution >= 4 is 11.0 Å². The highest BCUT2D eigenvalue weighted by Gasteiger charge is 2.50. The number of aliphatic hydroxyl groups excluding tert-OH is 6. The van der Waals surface area contributed by atoms with Crippen molar-refractivity contribution in [1.29, 1.82) is 0 Å². The molecule has 3 aromatic rings. The van der Waals surface area contributed by atoms with Gasteiger partial charge in [-0.25, -0.2) is 0 Å². The summed E-state index contributed by atoms with van der Waals surface area (Å²) in [6, 6.07) is 5.32. The van der Waals surface area contributed by atoms with Crippen LogP contribution in [0.25, 0.3) is 22.3 Å². The molecule has 3 heterocycles. The molecule has 10 N–H and O–H groups in total. The highest BCUT2D eigenvalue weighted by atomic mass is 16.7. The maximum absolute atomic E-state index is 13.6. The summed E-state index contributed by atoms with van der Waals surface area (Å²) in [7, 11) is 0. The number of phenolic OH excluding ortho intramolecular Hbond substituents is 4. The maximum Gasteiger partial charge on any atom is 0.239 e. The van der Waals surface area contributed by atoms with E-state index in [2.05, 4.69) is 0 Å². The van der Waals surface area contributed by atoms with Gasteiger partial charge in [0, 0.05) is 17.7 Å². The highest BCUT2D eigenvalue weighted by molar-refractivity contribution is 5.88. The van der Waals surface area contributed by atoms with E-state index in [4.69, 9.17) is 23.4 Å². The van der Waals surface area contributed by atoms with Crippen LogP contribution in [0.15, 0.2) is 39.5 Å². The molecule has 10 atom stereocenters. The zero-order chi connectivity index (χ0) is 31.3. The van der Waals surface area contributed by atoms with E-state index in [0.29, 0.717) is 0 Å². The fourth-order valence-electron chi connectivity index (χ4n) is 4.97. The topological polar surface area (TPSA) is 269 Å². The summed E-state index contributed by atoms with van der Waals surface area (Å²) in [4.78, 5) is 13.6. The van der Waals surface area contributed by atoms with E-state index >= 15 is 0 Å². The van der Waals surface area contributed by atoms with Gasteiger partial charge in [0.1, 0.15) is 65.2 Å². The number of aromatic hydroxyl groups is 4. The van der Waals surface area contributed by atoms with Crippen molar-refractivity contribution in [2.45, 2.75) is 68.3 Å². The molecule has 2 aliphatic heterocycles. The van der Waals surface area contributed by atoms with Crippen LogP contribution in [-0.2, 0) is 14.2 Å². The van der Waals surface area contributed by atoms with Gasteiger partial charge in [0.15, 0.2) is 23.5 Å². The summed E-state index contributed by atoms with van der Waals surface area (Å²) in [5.41, 5.74) is -1.27. The van der Waals surface area contributed by atoms with Gasteiger partial charge < -0.3 is 74.4 Å². The Morgan fingerprint density at radius 1 is 0.791 bits per heavy atom. The first-order valence-corrected chi connectivity index (χ1v) is 13.0. The largest absolute Gasteiger partial charge is 0.508 e. The number of aliphatic hydroxyl groups is 6. The van der Waals surface area contributed by atoms with Crippen LogP contribution in [0, 0.1) is 0 Å². The molecule has 0 spiro atoms. The predicted molar refractivity (Wildman–Crippen MR) is 140 cm³/mol. The molecule has 2 saturated heterocycles. The Morgan fingerprint density at radius 3 is 2.16 bits per heavy atom. The normalized spacial score (nSPS) is 33.0. The van der Waals surface area contributed by atoms with Crippen LogP contribution in [0.1, 0.15) is 6.92 Å². The molecule has 0 radical (unpaired) electrons. The van der Waals surface area contributed by atoms with E-state index in [1.54, 1.807) is 0 Å². The molecule has 16 heteroatoms. The van der Waals surface area contributed by atoms with Crippen LogP contribution in [0.2, 0.25) is 0 Å². The van der Waals surface area contributed by atoms with E-state index in [1.807, 2.05) is 0 Å². The average molecular weight is 611 g/mol. The SMILES string of the molecule is C[C@@H]1O[C@@H](Oc2c(-c3ccc(O)c(O)c3)oc3cc(O)cc(O)c3c2=O)[C@@H](O)[C@@H](O)[C@@H]1O[C@@H]1O[C@H](CO)[C@@H](O)[C@@H](O)[C@H]1O. The molecular weight excluding hydrogens is 580 g/mol. The standard InChI is InChI=1S/C27H30O16/c1-8-23(42-27-21(37)19(35)17(33)15(7-28)41-27)20(36)22(38)26(39-8)43-25-18(34)16-13(32)5-10(29)6-14(16)40-24(25)9-2-3-11(30)12(31)4-9/h2-6,8,15,17,19-23,26-33,35-38H,7H2,1H3/t8-,15+,17+,19+,20+,21+,22-,23+,26-,27-/m0/s1. The minimum Gasteiger partial charge on any atom is -0.508 e. The lowest BCUT2D eigenvalue weighted by Crippen LogP contribution is -2.64. The van der Waals surface area contributed by atoms with Crippen LogP contribution < -0.4 is 10.2 Å². The number of benzene rings is 2. The van der Waals surface area contributed by atoms with Gasteiger partial charge in [-0.3, -0.25) is 4.79 Å². The first-order valence-electron chi connectivity index (χ1n) is 13.0. The van der Waals surface area contributed by atoms with Crippen LogP contribution in [0.3, 0.4) is 0 Å². The lowest BCUT2D eigenvalue weighted by molar-refractivity contribution is -0.348. The number of rotatable bonds is 6. The Morgan fingerprint density at radius 2 is 1.49 bits per heavy atom. The summed E-state index contributed by atoms with van der Waals surface area (Å²) in [6.45, 7) is 0.657. The second kappa shape index (κ2) is 11.8. The molecule has 2 fully saturated rings. The maximum atomic E-state index is 13.6. The van der Waals surface area contributed by atoms with Gasteiger partial charge in [-0.05, 0) is 25.1 Å². The number of hydrogen-bond acceptors (Lipinski definition) is 16. The molecule has 0 unspecified atom stereocenters. The Hall–Kier alpha value is -3.71. The van der Waals surface area contributed by atoms with Crippen molar-refractivity contribution in [2.24, 2.45) is 0 Å². The third-order valence-corrected chi connectivity index (χ3v) is 7.31. The first kappa shape index (κ1) is 30.7. The van der Waals surface area contributed by atoms with Crippen LogP contribution in [0.5, 0.6) is 28.7 Å². The minimum atomic E-state index is -1.93. The zero-order valence-electron chi connectivity index (χ0n) is 22.3. The summed E-state index contributed by atoms with van der Waals surface area (Å²) in [6.07, 6.45) is -16.3. The quantitative estimate of drug-likeness (QED) is 0.140. The lowest BCUT2D eigenvalue weighted by atomic mass is 9.97. The van der Waals surface area contributed by atoms with Crippen molar-refractivity contribution in [1.82, 2.24) is 0 Å². The molecule has 2 aliphatic rings. The number of fused-ring (bicyclic) bond motifs is 1. The molecule has 0 bridgehead atoms. The molecule has 2 aromatic carbocycles. The van der Waals surface area contributed by atoms with Gasteiger partial charge in [0.2, 0.25) is 17.5 Å². The van der Waals surface area contributed by atoms with Gasteiger partial charge in [-0.2, -0.15) is 0 Å². The predicted octanol–water partition coefficient (Wildman–Crippen LogP) is -1.69. The highest BCUT2D eigenvalue weighted by Crippen LogP contribution is 2.39. The van der Waals surface area contributed by atoms with Gasteiger partial charge in [0.25, 0.3) is 0 Å². The average Bonchev–Trinajstić information content (AvgIpc) is 2.96. The van der Waals surface area contributed by atoms with Gasteiger partial charge in [-0.1, -0.05) is 0 Å². The Kier molecular flexibility index (Phi) is 8.41. The van der Waals surface area contributed by atoms with Crippen LogP contribution in [-0.4, -0.2) is 119 Å². The second-order valence-electron chi connectivity index (χ2n) is 10.2. The Bertz CT molecular complexity index is 1540. The van der Waals surface area contributed by atoms with E-state index in [-0.39, 0.29) is 16.9 Å².